The minimum absolute atomic E-state index is 0.247. The molecular formula is C21H23ClN4O3. The summed E-state index contributed by atoms with van der Waals surface area (Å²) < 4.78 is 4.96. The maximum absolute atomic E-state index is 12.5. The molecule has 2 amide bonds. The van der Waals surface area contributed by atoms with Gasteiger partial charge < -0.3 is 14.5 Å². The summed E-state index contributed by atoms with van der Waals surface area (Å²) in [6.45, 7) is 6.06. The number of halogens is 1. The lowest BCUT2D eigenvalue weighted by atomic mass is 10.1. The van der Waals surface area contributed by atoms with E-state index < -0.39 is 5.97 Å². The van der Waals surface area contributed by atoms with Crippen LogP contribution in [0.25, 0.3) is 0 Å². The number of amides is 2. The normalized spacial score (nSPS) is 14.7. The zero-order valence-electron chi connectivity index (χ0n) is 16.5. The second-order valence-corrected chi connectivity index (χ2v) is 6.98. The van der Waals surface area contributed by atoms with Gasteiger partial charge in [0.15, 0.2) is 0 Å². The highest BCUT2D eigenvalue weighted by Gasteiger charge is 2.24. The molecule has 3 rings (SSSR count). The number of aromatic nitrogens is 1. The lowest BCUT2D eigenvalue weighted by Gasteiger charge is -2.34. The smallest absolute Gasteiger partial charge is 0.343 e. The molecule has 1 fully saturated rings. The number of ether oxygens (including phenoxy) is 1. The predicted molar refractivity (Wildman–Crippen MR) is 113 cm³/mol. The fourth-order valence-corrected chi connectivity index (χ4v) is 3.34. The fourth-order valence-electron chi connectivity index (χ4n) is 3.06. The maximum Gasteiger partial charge on any atom is 0.343 e. The first-order chi connectivity index (χ1) is 14.0. The van der Waals surface area contributed by atoms with Crippen molar-refractivity contribution in [3.8, 4) is 0 Å². The molecule has 1 aliphatic rings. The molecule has 0 aliphatic carbocycles. The molecule has 0 N–H and O–H groups in total. The van der Waals surface area contributed by atoms with Crippen molar-refractivity contribution < 1.29 is 14.3 Å². The Morgan fingerprint density at radius 3 is 2.45 bits per heavy atom. The first kappa shape index (κ1) is 20.8. The Morgan fingerprint density at radius 2 is 1.83 bits per heavy atom. The largest absolute Gasteiger partial charge is 0.462 e. The van der Waals surface area contributed by atoms with E-state index in [0.29, 0.717) is 54.9 Å². The number of carbonyl (C=O) groups is 2. The van der Waals surface area contributed by atoms with E-state index in [0.717, 1.165) is 5.56 Å². The molecule has 29 heavy (non-hydrogen) atoms. The third-order valence-corrected chi connectivity index (χ3v) is 4.92. The molecule has 0 atom stereocenters. The van der Waals surface area contributed by atoms with Crippen LogP contribution >= 0.6 is 11.6 Å². The molecule has 0 unspecified atom stereocenters. The highest BCUT2D eigenvalue weighted by atomic mass is 35.5. The van der Waals surface area contributed by atoms with Crippen molar-refractivity contribution in [2.45, 2.75) is 13.8 Å². The molecule has 1 saturated heterocycles. The number of pyridine rings is 1. The molecule has 0 saturated carbocycles. The lowest BCUT2D eigenvalue weighted by Crippen LogP contribution is -2.48. The first-order valence-corrected chi connectivity index (χ1v) is 9.84. The van der Waals surface area contributed by atoms with Crippen LogP contribution in [-0.4, -0.2) is 60.4 Å². The summed E-state index contributed by atoms with van der Waals surface area (Å²) in [4.78, 5) is 36.6. The van der Waals surface area contributed by atoms with Gasteiger partial charge in [0.2, 0.25) is 0 Å². The van der Waals surface area contributed by atoms with Gasteiger partial charge in [-0.25, -0.2) is 14.6 Å². The van der Waals surface area contributed by atoms with Gasteiger partial charge in [0, 0.05) is 32.4 Å². The highest BCUT2D eigenvalue weighted by molar-refractivity contribution is 6.33. The number of carbonyl (C=O) groups excluding carboxylic acids is 2. The Hall–Kier alpha value is -2.93. The van der Waals surface area contributed by atoms with E-state index in [4.69, 9.17) is 16.3 Å². The van der Waals surface area contributed by atoms with E-state index in [-0.39, 0.29) is 6.03 Å². The average molecular weight is 415 g/mol. The minimum atomic E-state index is -0.449. The van der Waals surface area contributed by atoms with Crippen LogP contribution in [0.5, 0.6) is 0 Å². The standard InChI is InChI=1S/C21H23ClN4O3/c1-3-29-20(27)17-13-18(22)19(23-14-17)25-9-11-26(12-10-25)21(28)24-15(2)16-7-5-4-6-8-16/h4-8,13-14H,3,9-12H2,1-2H3/b24-15+. The Labute approximate surface area is 175 Å². The number of piperazine rings is 1. The predicted octanol–water partition coefficient (Wildman–Crippen LogP) is 3.66. The van der Waals surface area contributed by atoms with Crippen LogP contribution < -0.4 is 4.90 Å². The van der Waals surface area contributed by atoms with Crippen molar-refractivity contribution in [1.29, 1.82) is 0 Å². The molecule has 7 nitrogen and oxygen atoms in total. The third-order valence-electron chi connectivity index (χ3n) is 4.64. The summed E-state index contributed by atoms with van der Waals surface area (Å²) in [5.41, 5.74) is 1.94. The Morgan fingerprint density at radius 1 is 1.14 bits per heavy atom. The van der Waals surface area contributed by atoms with Gasteiger partial charge in [0.25, 0.3) is 0 Å². The van der Waals surface area contributed by atoms with Crippen LogP contribution in [0.3, 0.4) is 0 Å². The topological polar surface area (TPSA) is 75.1 Å². The van der Waals surface area contributed by atoms with E-state index in [1.165, 1.54) is 6.20 Å². The Balaban J connectivity index is 1.62. The van der Waals surface area contributed by atoms with Crippen molar-refractivity contribution in [2.75, 3.05) is 37.7 Å². The molecule has 2 heterocycles. The number of esters is 1. The summed E-state index contributed by atoms with van der Waals surface area (Å²) in [7, 11) is 0. The van der Waals surface area contributed by atoms with E-state index >= 15 is 0 Å². The van der Waals surface area contributed by atoms with Gasteiger partial charge >= 0.3 is 12.0 Å². The Kier molecular flexibility index (Phi) is 6.82. The number of urea groups is 1. The Bertz CT molecular complexity index is 909. The van der Waals surface area contributed by atoms with E-state index in [9.17, 15) is 9.59 Å². The number of hydrogen-bond donors (Lipinski definition) is 0. The van der Waals surface area contributed by atoms with Gasteiger partial charge in [0.05, 0.1) is 22.9 Å². The summed E-state index contributed by atoms with van der Waals surface area (Å²) in [6.07, 6.45) is 1.46. The van der Waals surface area contributed by atoms with Crippen molar-refractivity contribution in [3.63, 3.8) is 0 Å². The highest BCUT2D eigenvalue weighted by Crippen LogP contribution is 2.25. The van der Waals surface area contributed by atoms with Crippen molar-refractivity contribution in [2.24, 2.45) is 4.99 Å². The van der Waals surface area contributed by atoms with Crippen molar-refractivity contribution in [1.82, 2.24) is 9.88 Å². The fraction of sp³-hybridized carbons (Fsp3) is 0.333. The van der Waals surface area contributed by atoms with Crippen LogP contribution in [0.4, 0.5) is 10.6 Å². The summed E-state index contributed by atoms with van der Waals surface area (Å²) in [6, 6.07) is 10.9. The molecule has 0 radical (unpaired) electrons. The molecule has 2 aromatic rings. The molecule has 1 aromatic heterocycles. The van der Waals surface area contributed by atoms with Gasteiger partial charge in [-0.2, -0.15) is 4.99 Å². The van der Waals surface area contributed by atoms with E-state index in [1.54, 1.807) is 17.9 Å². The van der Waals surface area contributed by atoms with Gasteiger partial charge in [-0.05, 0) is 25.5 Å². The molecule has 152 valence electrons. The minimum Gasteiger partial charge on any atom is -0.462 e. The molecule has 1 aromatic carbocycles. The lowest BCUT2D eigenvalue weighted by molar-refractivity contribution is 0.0526. The zero-order valence-corrected chi connectivity index (χ0v) is 17.2. The van der Waals surface area contributed by atoms with Crippen LogP contribution in [0.15, 0.2) is 47.6 Å². The van der Waals surface area contributed by atoms with Gasteiger partial charge in [-0.3, -0.25) is 0 Å². The number of benzene rings is 1. The number of hydrogen-bond acceptors (Lipinski definition) is 5. The molecule has 8 heteroatoms. The van der Waals surface area contributed by atoms with E-state index in [2.05, 4.69) is 9.98 Å². The molecule has 0 bridgehead atoms. The summed E-state index contributed by atoms with van der Waals surface area (Å²) in [5.74, 6) is 0.145. The van der Waals surface area contributed by atoms with Crippen LogP contribution in [0.1, 0.15) is 29.8 Å². The third kappa shape index (κ3) is 5.12. The molecular weight excluding hydrogens is 392 g/mol. The second kappa shape index (κ2) is 9.52. The van der Waals surface area contributed by atoms with Crippen LogP contribution in [0, 0.1) is 0 Å². The monoisotopic (exact) mass is 414 g/mol. The molecule has 1 aliphatic heterocycles. The average Bonchev–Trinajstić information content (AvgIpc) is 2.74. The number of aliphatic imine (C=N–C) groups is 1. The van der Waals surface area contributed by atoms with Gasteiger partial charge in [-0.1, -0.05) is 41.9 Å². The summed E-state index contributed by atoms with van der Waals surface area (Å²) in [5, 5.41) is 0.383. The second-order valence-electron chi connectivity index (χ2n) is 6.57. The van der Waals surface area contributed by atoms with Crippen molar-refractivity contribution in [3.05, 3.63) is 58.7 Å². The first-order valence-electron chi connectivity index (χ1n) is 9.46. The zero-order chi connectivity index (χ0) is 20.8. The maximum atomic E-state index is 12.5. The van der Waals surface area contributed by atoms with E-state index in [1.807, 2.05) is 42.2 Å². The summed E-state index contributed by atoms with van der Waals surface area (Å²) >= 11 is 6.33. The molecule has 0 spiro atoms. The SMILES string of the molecule is CCOC(=O)c1cnc(N2CCN(C(=O)/N=C(\C)c3ccccc3)CC2)c(Cl)c1. The van der Waals surface area contributed by atoms with Gasteiger partial charge in [0.1, 0.15) is 5.82 Å². The number of rotatable bonds is 4. The quantitative estimate of drug-likeness (QED) is 0.563. The van der Waals surface area contributed by atoms with Crippen LogP contribution in [-0.2, 0) is 4.74 Å². The van der Waals surface area contributed by atoms with Crippen molar-refractivity contribution >= 4 is 35.1 Å². The number of nitrogens with zero attached hydrogens (tertiary/aromatic N) is 4. The number of anilines is 1. The van der Waals surface area contributed by atoms with Crippen LogP contribution in [0.2, 0.25) is 5.02 Å². The van der Waals surface area contributed by atoms with Gasteiger partial charge in [-0.15, -0.1) is 0 Å².